The first-order chi connectivity index (χ1) is 9.74. The van der Waals surface area contributed by atoms with Crippen molar-refractivity contribution in [3.05, 3.63) is 35.4 Å². The van der Waals surface area contributed by atoms with Crippen LogP contribution in [0.15, 0.2) is 24.3 Å². The van der Waals surface area contributed by atoms with Gasteiger partial charge in [-0.2, -0.15) is 0 Å². The molecule has 2 aliphatic carbocycles. The monoisotopic (exact) mass is 290 g/mol. The Morgan fingerprint density at radius 3 is 2.60 bits per heavy atom. The number of hydrogen-bond acceptors (Lipinski definition) is 0. The van der Waals surface area contributed by atoms with Gasteiger partial charge in [-0.05, 0) is 61.5 Å². The Morgan fingerprint density at radius 1 is 1.05 bits per heavy atom. The third-order valence-corrected chi connectivity index (χ3v) is 6.28. The predicted octanol–water partition coefficient (Wildman–Crippen LogP) is 5.75. The summed E-state index contributed by atoms with van der Waals surface area (Å²) in [7, 11) is 0. The van der Waals surface area contributed by atoms with Crippen molar-refractivity contribution >= 4 is 11.6 Å². The fraction of sp³-hybridized carbons (Fsp3) is 0.684. The molecule has 0 bridgehead atoms. The highest BCUT2D eigenvalue weighted by molar-refractivity contribution is 6.20. The highest BCUT2D eigenvalue weighted by atomic mass is 35.5. The molecule has 0 radical (unpaired) electrons. The molecule has 0 heterocycles. The lowest BCUT2D eigenvalue weighted by Gasteiger charge is -2.40. The molecular formula is C19H27Cl. The van der Waals surface area contributed by atoms with Gasteiger partial charge in [-0.1, -0.05) is 49.9 Å². The molecule has 0 N–H and O–H groups in total. The summed E-state index contributed by atoms with van der Waals surface area (Å²) in [5.74, 6) is 2.76. The maximum absolute atomic E-state index is 6.80. The zero-order chi connectivity index (χ0) is 13.9. The van der Waals surface area contributed by atoms with Crippen LogP contribution in [-0.2, 0) is 6.42 Å². The molecule has 2 saturated carbocycles. The first kappa shape index (κ1) is 14.4. The standard InChI is InChI=1S/C19H27Cl/c1-14-6-2-3-8-16(14)13-19(20)18-11-10-15-7-4-5-9-17(15)12-18/h2-3,6,8,15,17-19H,4-5,7,9-13H2,1H3. The van der Waals surface area contributed by atoms with Gasteiger partial charge < -0.3 is 0 Å². The van der Waals surface area contributed by atoms with Gasteiger partial charge in [0, 0.05) is 5.38 Å². The molecule has 0 spiro atoms. The van der Waals surface area contributed by atoms with Crippen LogP contribution >= 0.6 is 11.6 Å². The number of fused-ring (bicyclic) bond motifs is 1. The minimum absolute atomic E-state index is 0.332. The van der Waals surface area contributed by atoms with Crippen molar-refractivity contribution in [1.82, 2.24) is 0 Å². The topological polar surface area (TPSA) is 0 Å². The Bertz CT molecular complexity index is 439. The normalized spacial score (nSPS) is 31.6. The minimum atomic E-state index is 0.332. The lowest BCUT2D eigenvalue weighted by atomic mass is 9.66. The van der Waals surface area contributed by atoms with Crippen molar-refractivity contribution in [2.75, 3.05) is 0 Å². The van der Waals surface area contributed by atoms with Crippen LogP contribution in [0.25, 0.3) is 0 Å². The van der Waals surface area contributed by atoms with E-state index in [1.165, 1.54) is 56.1 Å². The average Bonchev–Trinajstić information content (AvgIpc) is 2.49. The summed E-state index contributed by atoms with van der Waals surface area (Å²) in [5.41, 5.74) is 2.84. The molecule has 1 heteroatoms. The quantitative estimate of drug-likeness (QED) is 0.622. The zero-order valence-corrected chi connectivity index (χ0v) is 13.4. The van der Waals surface area contributed by atoms with Crippen molar-refractivity contribution in [2.24, 2.45) is 17.8 Å². The Morgan fingerprint density at radius 2 is 1.80 bits per heavy atom. The fourth-order valence-electron chi connectivity index (χ4n) is 4.45. The molecule has 4 atom stereocenters. The summed E-state index contributed by atoms with van der Waals surface area (Å²) in [6.45, 7) is 2.21. The van der Waals surface area contributed by atoms with Crippen LogP contribution in [0.3, 0.4) is 0 Å². The van der Waals surface area contributed by atoms with Gasteiger partial charge in [0.25, 0.3) is 0 Å². The largest absolute Gasteiger partial charge is 0.122 e. The van der Waals surface area contributed by atoms with E-state index < -0.39 is 0 Å². The van der Waals surface area contributed by atoms with E-state index >= 15 is 0 Å². The SMILES string of the molecule is Cc1ccccc1CC(Cl)C1CCC2CCCCC2C1. The summed E-state index contributed by atoms with van der Waals surface area (Å²) < 4.78 is 0. The Labute approximate surface area is 128 Å². The van der Waals surface area contributed by atoms with E-state index in [0.29, 0.717) is 5.38 Å². The molecule has 110 valence electrons. The molecule has 0 aromatic heterocycles. The van der Waals surface area contributed by atoms with Gasteiger partial charge in [-0.25, -0.2) is 0 Å². The lowest BCUT2D eigenvalue weighted by Crippen LogP contribution is -2.32. The predicted molar refractivity (Wildman–Crippen MR) is 87.3 cm³/mol. The van der Waals surface area contributed by atoms with Crippen molar-refractivity contribution in [3.63, 3.8) is 0 Å². The van der Waals surface area contributed by atoms with Crippen LogP contribution in [0, 0.1) is 24.7 Å². The van der Waals surface area contributed by atoms with Gasteiger partial charge in [0.1, 0.15) is 0 Å². The van der Waals surface area contributed by atoms with E-state index in [0.717, 1.165) is 24.2 Å². The maximum atomic E-state index is 6.80. The second-order valence-corrected chi connectivity index (χ2v) is 7.58. The number of hydrogen-bond donors (Lipinski definition) is 0. The van der Waals surface area contributed by atoms with Crippen molar-refractivity contribution in [2.45, 2.75) is 63.7 Å². The smallest absolute Gasteiger partial charge is 0.0404 e. The molecule has 4 unspecified atom stereocenters. The number of aryl methyl sites for hydroxylation is 1. The number of rotatable bonds is 3. The number of benzene rings is 1. The third-order valence-electron chi connectivity index (χ3n) is 5.77. The van der Waals surface area contributed by atoms with E-state index in [-0.39, 0.29) is 0 Å². The molecule has 3 rings (SSSR count). The van der Waals surface area contributed by atoms with E-state index in [4.69, 9.17) is 11.6 Å². The third kappa shape index (κ3) is 3.22. The molecule has 0 nitrogen and oxygen atoms in total. The second-order valence-electron chi connectivity index (χ2n) is 7.02. The van der Waals surface area contributed by atoms with Crippen LogP contribution in [0.2, 0.25) is 0 Å². The summed E-state index contributed by atoms with van der Waals surface area (Å²) in [5, 5.41) is 0.332. The molecule has 2 fully saturated rings. The molecule has 0 saturated heterocycles. The summed E-state index contributed by atoms with van der Waals surface area (Å²) in [6, 6.07) is 8.72. The van der Waals surface area contributed by atoms with Gasteiger partial charge in [0.2, 0.25) is 0 Å². The van der Waals surface area contributed by atoms with E-state index in [1.54, 1.807) is 0 Å². The highest BCUT2D eigenvalue weighted by Gasteiger charge is 2.34. The summed E-state index contributed by atoms with van der Waals surface area (Å²) in [4.78, 5) is 0. The maximum Gasteiger partial charge on any atom is 0.0404 e. The molecule has 20 heavy (non-hydrogen) atoms. The fourth-order valence-corrected chi connectivity index (χ4v) is 4.85. The molecular weight excluding hydrogens is 264 g/mol. The van der Waals surface area contributed by atoms with Crippen LogP contribution in [0.1, 0.15) is 56.1 Å². The summed E-state index contributed by atoms with van der Waals surface area (Å²) >= 11 is 6.80. The first-order valence-electron chi connectivity index (χ1n) is 8.42. The molecule has 0 amide bonds. The van der Waals surface area contributed by atoms with E-state index in [1.807, 2.05) is 0 Å². The molecule has 1 aromatic carbocycles. The Hall–Kier alpha value is -0.490. The van der Waals surface area contributed by atoms with Crippen molar-refractivity contribution in [1.29, 1.82) is 0 Å². The second kappa shape index (κ2) is 6.52. The van der Waals surface area contributed by atoms with Crippen LogP contribution in [0.5, 0.6) is 0 Å². The zero-order valence-electron chi connectivity index (χ0n) is 12.7. The van der Waals surface area contributed by atoms with Gasteiger partial charge in [-0.3, -0.25) is 0 Å². The van der Waals surface area contributed by atoms with Crippen molar-refractivity contribution < 1.29 is 0 Å². The number of alkyl halides is 1. The average molecular weight is 291 g/mol. The van der Waals surface area contributed by atoms with Gasteiger partial charge in [0.15, 0.2) is 0 Å². The number of halogens is 1. The molecule has 0 aliphatic heterocycles. The van der Waals surface area contributed by atoms with Crippen molar-refractivity contribution in [3.8, 4) is 0 Å². The van der Waals surface area contributed by atoms with Gasteiger partial charge in [-0.15, -0.1) is 11.6 Å². The molecule has 2 aliphatic rings. The van der Waals surface area contributed by atoms with Gasteiger partial charge in [0.05, 0.1) is 0 Å². The van der Waals surface area contributed by atoms with E-state index in [9.17, 15) is 0 Å². The summed E-state index contributed by atoms with van der Waals surface area (Å²) in [6.07, 6.45) is 11.1. The van der Waals surface area contributed by atoms with Crippen LogP contribution in [-0.4, -0.2) is 5.38 Å². The Kier molecular flexibility index (Phi) is 4.71. The van der Waals surface area contributed by atoms with Crippen LogP contribution in [0.4, 0.5) is 0 Å². The van der Waals surface area contributed by atoms with Crippen LogP contribution < -0.4 is 0 Å². The Balaban J connectivity index is 1.60. The first-order valence-corrected chi connectivity index (χ1v) is 8.86. The highest BCUT2D eigenvalue weighted by Crippen LogP contribution is 2.44. The van der Waals surface area contributed by atoms with Gasteiger partial charge >= 0.3 is 0 Å². The lowest BCUT2D eigenvalue weighted by molar-refractivity contribution is 0.127. The minimum Gasteiger partial charge on any atom is -0.122 e. The van der Waals surface area contributed by atoms with E-state index in [2.05, 4.69) is 31.2 Å². The molecule has 1 aromatic rings.